The van der Waals surface area contributed by atoms with Crippen LogP contribution in [0.5, 0.6) is 0 Å². The van der Waals surface area contributed by atoms with Gasteiger partial charge in [0.15, 0.2) is 0 Å². The van der Waals surface area contributed by atoms with Gasteiger partial charge in [0.25, 0.3) is 5.91 Å². The van der Waals surface area contributed by atoms with Crippen LogP contribution in [0.3, 0.4) is 0 Å². The molecule has 1 fully saturated rings. The Morgan fingerprint density at radius 2 is 1.88 bits per heavy atom. The fourth-order valence-corrected chi connectivity index (χ4v) is 3.70. The molecular formula is C20H27N3O3. The number of ether oxygens (including phenoxy) is 1. The lowest BCUT2D eigenvalue weighted by Gasteiger charge is -2.35. The van der Waals surface area contributed by atoms with Gasteiger partial charge in [0.2, 0.25) is 5.91 Å². The maximum Gasteiger partial charge on any atom is 0.259 e. The molecule has 1 aromatic rings. The summed E-state index contributed by atoms with van der Waals surface area (Å²) in [5, 5.41) is 2.91. The zero-order valence-corrected chi connectivity index (χ0v) is 15.5. The molecule has 3 rings (SSSR count). The van der Waals surface area contributed by atoms with E-state index >= 15 is 0 Å². The molecule has 26 heavy (non-hydrogen) atoms. The number of nitrogens with one attached hydrogen (secondary N) is 1. The molecule has 0 bridgehead atoms. The van der Waals surface area contributed by atoms with Gasteiger partial charge in [-0.15, -0.1) is 0 Å². The van der Waals surface area contributed by atoms with Gasteiger partial charge in [0, 0.05) is 43.0 Å². The maximum atomic E-state index is 12.4. The summed E-state index contributed by atoms with van der Waals surface area (Å²) in [6.07, 6.45) is 1.38. The Bertz CT molecular complexity index is 658. The third-order valence-corrected chi connectivity index (χ3v) is 4.81. The van der Waals surface area contributed by atoms with E-state index in [1.165, 1.54) is 4.90 Å². The number of hydrogen-bond donors (Lipinski definition) is 1. The largest absolute Gasteiger partial charge is 0.373 e. The number of carbonyl (C=O) groups excluding carboxylic acids is 2. The molecule has 1 N–H and O–H groups in total. The van der Waals surface area contributed by atoms with Gasteiger partial charge < -0.3 is 10.1 Å². The maximum absolute atomic E-state index is 12.4. The second-order valence-electron chi connectivity index (χ2n) is 7.10. The number of amides is 2. The Hall–Kier alpha value is -2.18. The van der Waals surface area contributed by atoms with Crippen LogP contribution in [0, 0.1) is 0 Å². The number of benzene rings is 1. The van der Waals surface area contributed by atoms with E-state index in [1.807, 2.05) is 18.2 Å². The van der Waals surface area contributed by atoms with Crippen molar-refractivity contribution in [1.82, 2.24) is 15.1 Å². The molecule has 1 saturated heterocycles. The van der Waals surface area contributed by atoms with Gasteiger partial charge in [0.05, 0.1) is 12.2 Å². The summed E-state index contributed by atoms with van der Waals surface area (Å²) < 4.78 is 5.72. The normalized spacial score (nSPS) is 23.2. The Labute approximate surface area is 154 Å². The van der Waals surface area contributed by atoms with Crippen LogP contribution in [-0.4, -0.2) is 66.5 Å². The van der Waals surface area contributed by atoms with Gasteiger partial charge in [-0.25, -0.2) is 0 Å². The molecule has 140 valence electrons. The average Bonchev–Trinajstić information content (AvgIpc) is 2.83. The van der Waals surface area contributed by atoms with Crippen molar-refractivity contribution >= 4 is 17.5 Å². The van der Waals surface area contributed by atoms with Crippen molar-refractivity contribution in [3.63, 3.8) is 0 Å². The highest BCUT2D eigenvalue weighted by molar-refractivity contribution is 6.10. The molecule has 2 atom stereocenters. The van der Waals surface area contributed by atoms with Crippen molar-refractivity contribution in [1.29, 1.82) is 0 Å². The predicted molar refractivity (Wildman–Crippen MR) is 101 cm³/mol. The zero-order valence-electron chi connectivity index (χ0n) is 15.5. The summed E-state index contributed by atoms with van der Waals surface area (Å²) in [6, 6.07) is 7.32. The molecule has 2 heterocycles. The van der Waals surface area contributed by atoms with Crippen LogP contribution in [0.4, 0.5) is 0 Å². The first kappa shape index (κ1) is 18.6. The van der Waals surface area contributed by atoms with Gasteiger partial charge in [-0.3, -0.25) is 19.4 Å². The highest BCUT2D eigenvalue weighted by atomic mass is 16.5. The van der Waals surface area contributed by atoms with Crippen molar-refractivity contribution < 1.29 is 14.3 Å². The minimum Gasteiger partial charge on any atom is -0.373 e. The van der Waals surface area contributed by atoms with E-state index in [0.29, 0.717) is 17.8 Å². The van der Waals surface area contributed by atoms with Gasteiger partial charge in [0.1, 0.15) is 6.54 Å². The lowest BCUT2D eigenvalue weighted by Crippen LogP contribution is -2.46. The molecule has 2 unspecified atom stereocenters. The van der Waals surface area contributed by atoms with E-state index in [-0.39, 0.29) is 30.6 Å². The van der Waals surface area contributed by atoms with E-state index in [0.717, 1.165) is 31.6 Å². The van der Waals surface area contributed by atoms with Crippen LogP contribution in [-0.2, 0) is 9.53 Å². The molecule has 0 radical (unpaired) electrons. The Morgan fingerprint density at radius 1 is 1.23 bits per heavy atom. The van der Waals surface area contributed by atoms with Crippen molar-refractivity contribution in [2.45, 2.75) is 32.5 Å². The minimum absolute atomic E-state index is 0.0119. The summed E-state index contributed by atoms with van der Waals surface area (Å²) in [5.74, 6) is -0.312. The summed E-state index contributed by atoms with van der Waals surface area (Å²) >= 11 is 0. The van der Waals surface area contributed by atoms with E-state index in [9.17, 15) is 9.59 Å². The number of carbonyl (C=O) groups is 2. The van der Waals surface area contributed by atoms with Crippen LogP contribution in [0.2, 0.25) is 0 Å². The third-order valence-electron chi connectivity index (χ3n) is 4.81. The summed E-state index contributed by atoms with van der Waals surface area (Å²) in [5.41, 5.74) is 2.01. The van der Waals surface area contributed by atoms with Gasteiger partial charge >= 0.3 is 0 Å². The van der Waals surface area contributed by atoms with Gasteiger partial charge in [-0.1, -0.05) is 24.8 Å². The average molecular weight is 357 g/mol. The van der Waals surface area contributed by atoms with E-state index in [4.69, 9.17) is 4.74 Å². The van der Waals surface area contributed by atoms with Crippen molar-refractivity contribution in [2.75, 3.05) is 32.7 Å². The first-order valence-corrected chi connectivity index (χ1v) is 9.20. The standard InChI is InChI=1S/C20H27N3O3/c1-14-11-22(12-15(2)26-14)10-6-9-21-19(24)13-23-16(3)17-7-4-5-8-18(17)20(23)25/h4-5,7-8,14-15H,3,6,9-13H2,1-2H3,(H,21,24). The monoisotopic (exact) mass is 357 g/mol. The molecule has 2 aliphatic heterocycles. The lowest BCUT2D eigenvalue weighted by atomic mass is 10.1. The quantitative estimate of drug-likeness (QED) is 0.788. The Kier molecular flexibility index (Phi) is 5.74. The SMILES string of the molecule is C=C1c2ccccc2C(=O)N1CC(=O)NCCCN1CC(C)OC(C)C1. The van der Waals surface area contributed by atoms with Crippen LogP contribution in [0.1, 0.15) is 36.2 Å². The molecule has 2 aliphatic rings. The highest BCUT2D eigenvalue weighted by Crippen LogP contribution is 2.30. The molecule has 6 heteroatoms. The van der Waals surface area contributed by atoms with Crippen LogP contribution in [0.25, 0.3) is 5.70 Å². The molecule has 0 aliphatic carbocycles. The second-order valence-corrected chi connectivity index (χ2v) is 7.10. The molecule has 0 spiro atoms. The third kappa shape index (κ3) is 4.14. The molecular weight excluding hydrogens is 330 g/mol. The smallest absolute Gasteiger partial charge is 0.259 e. The Morgan fingerprint density at radius 3 is 2.54 bits per heavy atom. The number of rotatable bonds is 6. The summed E-state index contributed by atoms with van der Waals surface area (Å²) in [7, 11) is 0. The first-order valence-electron chi connectivity index (χ1n) is 9.20. The zero-order chi connectivity index (χ0) is 18.7. The van der Waals surface area contributed by atoms with Crippen LogP contribution < -0.4 is 5.32 Å². The molecule has 2 amide bonds. The highest BCUT2D eigenvalue weighted by Gasteiger charge is 2.31. The van der Waals surface area contributed by atoms with Gasteiger partial charge in [-0.05, 0) is 26.3 Å². The predicted octanol–water partition coefficient (Wildman–Crippen LogP) is 1.73. The van der Waals surface area contributed by atoms with Gasteiger partial charge in [-0.2, -0.15) is 0 Å². The molecule has 6 nitrogen and oxygen atoms in total. The second kappa shape index (κ2) is 8.01. The van der Waals surface area contributed by atoms with Crippen molar-refractivity contribution in [2.24, 2.45) is 0 Å². The fraction of sp³-hybridized carbons (Fsp3) is 0.500. The van der Waals surface area contributed by atoms with E-state index in [2.05, 4.69) is 30.6 Å². The van der Waals surface area contributed by atoms with E-state index in [1.54, 1.807) is 6.07 Å². The fourth-order valence-electron chi connectivity index (χ4n) is 3.70. The molecule has 0 saturated carbocycles. The minimum atomic E-state index is -0.156. The molecule has 1 aromatic carbocycles. The van der Waals surface area contributed by atoms with Crippen LogP contribution in [0.15, 0.2) is 30.8 Å². The lowest BCUT2D eigenvalue weighted by molar-refractivity contribution is -0.121. The Balaban J connectivity index is 1.41. The number of hydrogen-bond acceptors (Lipinski definition) is 4. The summed E-state index contributed by atoms with van der Waals surface area (Å²) in [6.45, 7) is 11.5. The summed E-state index contributed by atoms with van der Waals surface area (Å²) in [4.78, 5) is 28.4. The topological polar surface area (TPSA) is 61.9 Å². The van der Waals surface area contributed by atoms with Crippen molar-refractivity contribution in [3.8, 4) is 0 Å². The van der Waals surface area contributed by atoms with Crippen LogP contribution >= 0.6 is 0 Å². The molecule has 0 aromatic heterocycles. The number of nitrogens with zero attached hydrogens (tertiary/aromatic N) is 2. The number of morpholine rings is 1. The first-order chi connectivity index (χ1) is 12.5. The number of fused-ring (bicyclic) bond motifs is 1. The van der Waals surface area contributed by atoms with Crippen molar-refractivity contribution in [3.05, 3.63) is 42.0 Å². The van der Waals surface area contributed by atoms with E-state index < -0.39 is 0 Å².